The number of carboxylic acids is 1. The van der Waals surface area contributed by atoms with E-state index >= 15 is 0 Å². The largest absolute Gasteiger partial charge is 0.550 e. The summed E-state index contributed by atoms with van der Waals surface area (Å²) in [6.07, 6.45) is -0.212. The van der Waals surface area contributed by atoms with Crippen LogP contribution >= 0.6 is 34.8 Å². The Hall–Kier alpha value is -0.640. The first kappa shape index (κ1) is 12.4. The molecule has 0 spiro atoms. The molecule has 1 aromatic rings. The lowest BCUT2D eigenvalue weighted by atomic mass is 10.3. The van der Waals surface area contributed by atoms with E-state index in [1.165, 1.54) is 12.1 Å². The van der Waals surface area contributed by atoms with E-state index in [1.54, 1.807) is 0 Å². The van der Waals surface area contributed by atoms with Gasteiger partial charge in [-0.2, -0.15) is 0 Å². The van der Waals surface area contributed by atoms with E-state index in [-0.39, 0.29) is 18.1 Å². The molecule has 0 N–H and O–H groups in total. The average Bonchev–Trinajstić information content (AvgIpc) is 2.13. The van der Waals surface area contributed by atoms with Gasteiger partial charge >= 0.3 is 0 Å². The summed E-state index contributed by atoms with van der Waals surface area (Å²) in [5.41, 5.74) is 0. The molecule has 15 heavy (non-hydrogen) atoms. The van der Waals surface area contributed by atoms with Gasteiger partial charge in [-0.15, -0.1) is 0 Å². The zero-order chi connectivity index (χ0) is 11.4. The fourth-order valence-electron chi connectivity index (χ4n) is 0.859. The summed E-state index contributed by atoms with van der Waals surface area (Å²) in [4.78, 5) is 10.1. The van der Waals surface area contributed by atoms with Crippen LogP contribution in [-0.4, -0.2) is 12.6 Å². The van der Waals surface area contributed by atoms with Crippen LogP contribution in [0.3, 0.4) is 0 Å². The van der Waals surface area contributed by atoms with Crippen LogP contribution in [0.5, 0.6) is 5.75 Å². The quantitative estimate of drug-likeness (QED) is 0.786. The van der Waals surface area contributed by atoms with E-state index in [0.29, 0.717) is 15.8 Å². The highest BCUT2D eigenvalue weighted by molar-refractivity contribution is 6.43. The fourth-order valence-corrected chi connectivity index (χ4v) is 1.45. The third kappa shape index (κ3) is 3.78. The molecule has 0 saturated carbocycles. The normalized spacial score (nSPS) is 10.1. The summed E-state index contributed by atoms with van der Waals surface area (Å²) in [5, 5.41) is 11.0. The topological polar surface area (TPSA) is 49.4 Å². The minimum Gasteiger partial charge on any atom is -0.550 e. The van der Waals surface area contributed by atoms with Gasteiger partial charge in [0.25, 0.3) is 0 Å². The molecule has 0 aliphatic heterocycles. The Labute approximate surface area is 102 Å². The Morgan fingerprint density at radius 2 is 1.80 bits per heavy atom. The van der Waals surface area contributed by atoms with Crippen molar-refractivity contribution in [2.75, 3.05) is 6.61 Å². The summed E-state index contributed by atoms with van der Waals surface area (Å²) < 4.78 is 5.09. The summed E-state index contributed by atoms with van der Waals surface area (Å²) in [6.45, 7) is -0.0278. The maximum atomic E-state index is 10.1. The zero-order valence-corrected chi connectivity index (χ0v) is 9.70. The van der Waals surface area contributed by atoms with Gasteiger partial charge in [0.05, 0.1) is 21.7 Å². The number of benzene rings is 1. The highest BCUT2D eigenvalue weighted by Gasteiger charge is 2.06. The van der Waals surface area contributed by atoms with E-state index in [2.05, 4.69) is 0 Å². The Morgan fingerprint density at radius 1 is 1.20 bits per heavy atom. The maximum Gasteiger partial charge on any atom is 0.139 e. The molecular weight excluding hydrogens is 262 g/mol. The molecule has 0 atom stereocenters. The number of rotatable bonds is 4. The van der Waals surface area contributed by atoms with Crippen molar-refractivity contribution in [3.63, 3.8) is 0 Å². The third-order valence-corrected chi connectivity index (χ3v) is 2.56. The molecule has 82 valence electrons. The van der Waals surface area contributed by atoms with Gasteiger partial charge < -0.3 is 14.6 Å². The molecule has 0 amide bonds. The Morgan fingerprint density at radius 3 is 2.40 bits per heavy atom. The van der Waals surface area contributed by atoms with Crippen molar-refractivity contribution in [3.8, 4) is 5.75 Å². The van der Waals surface area contributed by atoms with Crippen LogP contribution in [0.15, 0.2) is 12.1 Å². The van der Waals surface area contributed by atoms with Crippen molar-refractivity contribution in [1.29, 1.82) is 0 Å². The second-order valence-electron chi connectivity index (χ2n) is 2.67. The number of hydrogen-bond donors (Lipinski definition) is 0. The lowest BCUT2D eigenvalue weighted by molar-refractivity contribution is -0.306. The lowest BCUT2D eigenvalue weighted by Gasteiger charge is -2.09. The number of carbonyl (C=O) groups is 1. The molecule has 6 heteroatoms. The van der Waals surface area contributed by atoms with Crippen molar-refractivity contribution in [3.05, 3.63) is 27.2 Å². The SMILES string of the molecule is O=C([O-])CCOc1cc(Cl)c(Cl)cc1Cl. The standard InChI is InChI=1S/C9H7Cl3O3/c10-5-3-7(12)8(4-6(5)11)15-2-1-9(13)14/h3-4H,1-2H2,(H,13,14)/p-1. The molecule has 0 aliphatic rings. The minimum atomic E-state index is -1.19. The summed E-state index contributed by atoms with van der Waals surface area (Å²) in [7, 11) is 0. The lowest BCUT2D eigenvalue weighted by Crippen LogP contribution is -2.24. The fraction of sp³-hybridized carbons (Fsp3) is 0.222. The average molecular weight is 269 g/mol. The van der Waals surface area contributed by atoms with E-state index in [9.17, 15) is 9.90 Å². The van der Waals surface area contributed by atoms with Gasteiger partial charge in [0.1, 0.15) is 5.75 Å². The molecule has 0 aromatic heterocycles. The van der Waals surface area contributed by atoms with Gasteiger partial charge in [0, 0.05) is 18.5 Å². The van der Waals surface area contributed by atoms with E-state index in [0.717, 1.165) is 0 Å². The van der Waals surface area contributed by atoms with Gasteiger partial charge in [-0.3, -0.25) is 0 Å². The molecule has 0 radical (unpaired) electrons. The van der Waals surface area contributed by atoms with Gasteiger partial charge in [0.2, 0.25) is 0 Å². The molecule has 0 saturated heterocycles. The first-order valence-electron chi connectivity index (χ1n) is 3.98. The van der Waals surface area contributed by atoms with Crippen molar-refractivity contribution in [2.45, 2.75) is 6.42 Å². The molecule has 0 heterocycles. The zero-order valence-electron chi connectivity index (χ0n) is 7.43. The Kier molecular flexibility index (Phi) is 4.51. The summed E-state index contributed by atoms with van der Waals surface area (Å²) in [5.74, 6) is -0.890. The van der Waals surface area contributed by atoms with Crippen LogP contribution < -0.4 is 9.84 Å². The summed E-state index contributed by atoms with van der Waals surface area (Å²) in [6, 6.07) is 2.86. The molecule has 0 fully saturated rings. The molecule has 0 bridgehead atoms. The van der Waals surface area contributed by atoms with Crippen LogP contribution in [0, 0.1) is 0 Å². The monoisotopic (exact) mass is 267 g/mol. The number of carboxylic acid groups (broad SMARTS) is 1. The number of ether oxygens (including phenoxy) is 1. The summed E-state index contributed by atoms with van der Waals surface area (Å²) >= 11 is 17.2. The van der Waals surface area contributed by atoms with Gasteiger partial charge in [-0.05, 0) is 6.07 Å². The molecule has 0 aliphatic carbocycles. The number of carbonyl (C=O) groups excluding carboxylic acids is 1. The van der Waals surface area contributed by atoms with Crippen LogP contribution in [0.2, 0.25) is 15.1 Å². The van der Waals surface area contributed by atoms with Crippen LogP contribution in [0.25, 0.3) is 0 Å². The highest BCUT2D eigenvalue weighted by atomic mass is 35.5. The van der Waals surface area contributed by atoms with Crippen LogP contribution in [0.1, 0.15) is 6.42 Å². The number of hydrogen-bond acceptors (Lipinski definition) is 3. The maximum absolute atomic E-state index is 10.1. The van der Waals surface area contributed by atoms with Crippen molar-refractivity contribution < 1.29 is 14.6 Å². The van der Waals surface area contributed by atoms with E-state index < -0.39 is 5.97 Å². The molecule has 3 nitrogen and oxygen atoms in total. The number of halogens is 3. The minimum absolute atomic E-state index is 0.0278. The first-order chi connectivity index (χ1) is 7.00. The second-order valence-corrected chi connectivity index (χ2v) is 3.89. The van der Waals surface area contributed by atoms with Gasteiger partial charge in [0.15, 0.2) is 0 Å². The first-order valence-corrected chi connectivity index (χ1v) is 5.11. The second kappa shape index (κ2) is 5.45. The van der Waals surface area contributed by atoms with Crippen LogP contribution in [0.4, 0.5) is 0 Å². The van der Waals surface area contributed by atoms with Crippen molar-refractivity contribution >= 4 is 40.8 Å². The van der Waals surface area contributed by atoms with Gasteiger partial charge in [-0.25, -0.2) is 0 Å². The Bertz CT molecular complexity index is 379. The van der Waals surface area contributed by atoms with Crippen molar-refractivity contribution in [2.24, 2.45) is 0 Å². The molecular formula is C9H6Cl3O3-. The smallest absolute Gasteiger partial charge is 0.139 e. The van der Waals surface area contributed by atoms with Crippen LogP contribution in [-0.2, 0) is 4.79 Å². The van der Waals surface area contributed by atoms with Crippen molar-refractivity contribution in [1.82, 2.24) is 0 Å². The number of aliphatic carboxylic acids is 1. The van der Waals surface area contributed by atoms with Gasteiger partial charge in [-0.1, -0.05) is 34.8 Å². The predicted molar refractivity (Wildman–Crippen MR) is 56.6 cm³/mol. The highest BCUT2D eigenvalue weighted by Crippen LogP contribution is 2.33. The molecule has 1 aromatic carbocycles. The van der Waals surface area contributed by atoms with E-state index in [4.69, 9.17) is 39.5 Å². The third-order valence-electron chi connectivity index (χ3n) is 1.54. The van der Waals surface area contributed by atoms with E-state index in [1.807, 2.05) is 0 Å². The Balaban J connectivity index is 2.69. The molecule has 0 unspecified atom stereocenters. The predicted octanol–water partition coefficient (Wildman–Crippen LogP) is 2.17. The molecule has 1 rings (SSSR count).